The van der Waals surface area contributed by atoms with Gasteiger partial charge in [-0.05, 0) is 46.6 Å². The molecule has 0 saturated heterocycles. The van der Waals surface area contributed by atoms with E-state index < -0.39 is 42.1 Å². The molecule has 0 heterocycles. The lowest BCUT2D eigenvalue weighted by Gasteiger charge is -2.28. The second-order valence-electron chi connectivity index (χ2n) is 12.4. The Hall–Kier alpha value is -4.12. The number of hydrogen-bond acceptors (Lipinski definition) is 10. The lowest BCUT2D eigenvalue weighted by atomic mass is 9.82. The van der Waals surface area contributed by atoms with E-state index >= 15 is 0 Å². The van der Waals surface area contributed by atoms with Crippen molar-refractivity contribution >= 4 is 24.2 Å². The summed E-state index contributed by atoms with van der Waals surface area (Å²) in [6.45, 7) is 12.9. The second kappa shape index (κ2) is 14.7. The third-order valence-electron chi connectivity index (χ3n) is 5.76. The van der Waals surface area contributed by atoms with Crippen LogP contribution in [-0.4, -0.2) is 55.2 Å². The third kappa shape index (κ3) is 11.4. The number of carboxylic acid groups (broad SMARTS) is 1. The van der Waals surface area contributed by atoms with E-state index in [0.29, 0.717) is 11.1 Å². The summed E-state index contributed by atoms with van der Waals surface area (Å²) in [5, 5.41) is 9.75. The van der Waals surface area contributed by atoms with Crippen LogP contribution in [0.15, 0.2) is 48.5 Å². The van der Waals surface area contributed by atoms with Gasteiger partial charge in [-0.1, -0.05) is 72.7 Å². The zero-order valence-electron chi connectivity index (χ0n) is 25.2. The average Bonchev–Trinajstić information content (AvgIpc) is 2.90. The highest BCUT2D eigenvalue weighted by Crippen LogP contribution is 2.36. The quantitative estimate of drug-likeness (QED) is 0.186. The van der Waals surface area contributed by atoms with Crippen LogP contribution in [0.1, 0.15) is 70.3 Å². The first-order chi connectivity index (χ1) is 19.5. The number of hydrogen-bond donors (Lipinski definition) is 2. The highest BCUT2D eigenvalue weighted by atomic mass is 16.7. The number of rotatable bonds is 11. The lowest BCUT2D eigenvalue weighted by molar-refractivity contribution is -0.139. The van der Waals surface area contributed by atoms with Gasteiger partial charge in [-0.3, -0.25) is 4.79 Å². The molecule has 0 radical (unpaired) electrons. The summed E-state index contributed by atoms with van der Waals surface area (Å²) in [7, 11) is 0. The zero-order chi connectivity index (χ0) is 31.7. The maximum absolute atomic E-state index is 12.5. The highest BCUT2D eigenvalue weighted by Gasteiger charge is 2.33. The summed E-state index contributed by atoms with van der Waals surface area (Å²) >= 11 is 0. The fourth-order valence-corrected chi connectivity index (χ4v) is 3.70. The van der Waals surface area contributed by atoms with Crippen LogP contribution in [0, 0.1) is 16.7 Å². The Bertz CT molecular complexity index is 1230. The monoisotopic (exact) mass is 587 g/mol. The normalized spacial score (nSPS) is 13.7. The predicted octanol–water partition coefficient (Wildman–Crippen LogP) is 5.80. The zero-order valence-corrected chi connectivity index (χ0v) is 25.2. The highest BCUT2D eigenvalue weighted by molar-refractivity contribution is 5.89. The molecule has 2 aromatic carbocycles. The van der Waals surface area contributed by atoms with Gasteiger partial charge in [-0.25, -0.2) is 14.4 Å². The fraction of sp³-hybridized carbons (Fsp3) is 0.484. The summed E-state index contributed by atoms with van der Waals surface area (Å²) in [4.78, 5) is 49.4. The smallest absolute Gasteiger partial charge is 0.480 e. The molecule has 2 unspecified atom stereocenters. The Labute approximate surface area is 246 Å². The van der Waals surface area contributed by atoms with E-state index in [9.17, 15) is 24.3 Å². The van der Waals surface area contributed by atoms with Crippen LogP contribution in [0.3, 0.4) is 0 Å². The van der Waals surface area contributed by atoms with Gasteiger partial charge in [0.05, 0.1) is 25.4 Å². The summed E-state index contributed by atoms with van der Waals surface area (Å²) in [5.41, 5.74) is 6.09. The molecule has 0 bridgehead atoms. The van der Waals surface area contributed by atoms with Crippen molar-refractivity contribution in [2.75, 3.05) is 19.8 Å². The van der Waals surface area contributed by atoms with Crippen LogP contribution >= 0.6 is 0 Å². The van der Waals surface area contributed by atoms with Crippen LogP contribution in [0.2, 0.25) is 0 Å². The topological polar surface area (TPSA) is 161 Å². The summed E-state index contributed by atoms with van der Waals surface area (Å²) in [5.74, 6) is -3.73. The Morgan fingerprint density at radius 3 is 1.81 bits per heavy atom. The molecule has 0 spiro atoms. The summed E-state index contributed by atoms with van der Waals surface area (Å²) in [6.07, 6.45) is -2.08. The van der Waals surface area contributed by atoms with E-state index in [2.05, 4.69) is 0 Å². The van der Waals surface area contributed by atoms with Crippen molar-refractivity contribution in [3.63, 3.8) is 0 Å². The number of carboxylic acids is 1. The predicted molar refractivity (Wildman–Crippen MR) is 154 cm³/mol. The van der Waals surface area contributed by atoms with Gasteiger partial charge in [-0.15, -0.1) is 0 Å². The SMILES string of the molecule is CC(COC(=O)c1ccccc1)C(c1ccc(OC(=O)OCC(C)(C)C)c(OC(=O)OCC(C)(C)C)c1)[C@H](N)C(=O)O. The maximum Gasteiger partial charge on any atom is 0.513 e. The number of aliphatic carboxylic acids is 1. The van der Waals surface area contributed by atoms with Gasteiger partial charge in [0.25, 0.3) is 0 Å². The van der Waals surface area contributed by atoms with Crippen molar-refractivity contribution < 1.29 is 48.0 Å². The Balaban J connectivity index is 2.38. The van der Waals surface area contributed by atoms with Crippen LogP contribution in [-0.2, 0) is 19.0 Å². The molecule has 0 aliphatic rings. The molecule has 0 saturated carbocycles. The molecule has 0 amide bonds. The maximum atomic E-state index is 12.5. The van der Waals surface area contributed by atoms with Gasteiger partial charge in [0.2, 0.25) is 0 Å². The fourth-order valence-electron chi connectivity index (χ4n) is 3.70. The van der Waals surface area contributed by atoms with E-state index in [1.165, 1.54) is 18.2 Å². The molecule has 42 heavy (non-hydrogen) atoms. The third-order valence-corrected chi connectivity index (χ3v) is 5.76. The van der Waals surface area contributed by atoms with E-state index in [-0.39, 0.29) is 42.1 Å². The van der Waals surface area contributed by atoms with Gasteiger partial charge in [0.1, 0.15) is 6.04 Å². The van der Waals surface area contributed by atoms with E-state index in [4.69, 9.17) is 29.4 Å². The standard InChI is InChI=1S/C31H41NO10/c1-19(16-38-27(35)20-11-9-8-10-12-20)24(25(32)26(33)34)21-13-14-22(41-28(36)39-17-30(2,3)4)23(15-21)42-29(37)40-18-31(5,6)7/h8-15,19,24-25H,16-18,32H2,1-7H3,(H,33,34)/t19?,24?,25-/m0/s1. The number of ether oxygens (including phenoxy) is 5. The molecular weight excluding hydrogens is 546 g/mol. The van der Waals surface area contributed by atoms with Gasteiger partial charge in [0, 0.05) is 5.92 Å². The first-order valence-electron chi connectivity index (χ1n) is 13.5. The molecule has 2 rings (SSSR count). The molecule has 2 aromatic rings. The number of nitrogens with two attached hydrogens (primary N) is 1. The molecule has 0 aliphatic heterocycles. The van der Waals surface area contributed by atoms with Crippen molar-refractivity contribution in [1.29, 1.82) is 0 Å². The first kappa shape index (κ1) is 34.1. The molecule has 230 valence electrons. The second-order valence-corrected chi connectivity index (χ2v) is 12.4. The average molecular weight is 588 g/mol. The first-order valence-corrected chi connectivity index (χ1v) is 13.5. The van der Waals surface area contributed by atoms with Gasteiger partial charge in [0.15, 0.2) is 11.5 Å². The lowest BCUT2D eigenvalue weighted by Crippen LogP contribution is -2.40. The molecule has 0 aromatic heterocycles. The van der Waals surface area contributed by atoms with Crippen molar-refractivity contribution in [2.45, 2.75) is 60.4 Å². The largest absolute Gasteiger partial charge is 0.513 e. The molecule has 0 fully saturated rings. The van der Waals surface area contributed by atoms with Gasteiger partial charge in [-0.2, -0.15) is 0 Å². The van der Waals surface area contributed by atoms with Crippen molar-refractivity contribution in [2.24, 2.45) is 22.5 Å². The molecule has 11 nitrogen and oxygen atoms in total. The summed E-state index contributed by atoms with van der Waals surface area (Å²) in [6, 6.07) is 11.1. The molecule has 3 atom stereocenters. The minimum Gasteiger partial charge on any atom is -0.480 e. The number of benzene rings is 2. The molecule has 0 aliphatic carbocycles. The van der Waals surface area contributed by atoms with Crippen LogP contribution in [0.25, 0.3) is 0 Å². The van der Waals surface area contributed by atoms with Crippen molar-refractivity contribution in [1.82, 2.24) is 0 Å². The number of esters is 1. The molecule has 11 heteroatoms. The Morgan fingerprint density at radius 2 is 1.31 bits per heavy atom. The number of carbonyl (C=O) groups is 4. The van der Waals surface area contributed by atoms with Gasteiger partial charge < -0.3 is 34.5 Å². The minimum absolute atomic E-state index is 0.0473. The minimum atomic E-state index is -1.42. The van der Waals surface area contributed by atoms with Crippen molar-refractivity contribution in [3.8, 4) is 11.5 Å². The van der Waals surface area contributed by atoms with E-state index in [1.807, 2.05) is 41.5 Å². The van der Waals surface area contributed by atoms with Gasteiger partial charge >= 0.3 is 24.2 Å². The van der Waals surface area contributed by atoms with Crippen molar-refractivity contribution in [3.05, 3.63) is 59.7 Å². The molecule has 3 N–H and O–H groups in total. The van der Waals surface area contributed by atoms with E-state index in [1.54, 1.807) is 37.3 Å². The molecular formula is C31H41NO10. The Morgan fingerprint density at radius 1 is 0.786 bits per heavy atom. The summed E-state index contributed by atoms with van der Waals surface area (Å²) < 4.78 is 26.5. The van der Waals surface area contributed by atoms with E-state index in [0.717, 1.165) is 0 Å². The van der Waals surface area contributed by atoms with Crippen LogP contribution in [0.5, 0.6) is 11.5 Å². The number of carbonyl (C=O) groups excluding carboxylic acids is 3. The Kier molecular flexibility index (Phi) is 11.9. The van der Waals surface area contributed by atoms with Crippen LogP contribution < -0.4 is 15.2 Å². The van der Waals surface area contributed by atoms with Crippen LogP contribution in [0.4, 0.5) is 9.59 Å².